The third-order valence-electron chi connectivity index (χ3n) is 5.31. The summed E-state index contributed by atoms with van der Waals surface area (Å²) in [4.78, 5) is 14.6. The second-order valence-electron chi connectivity index (χ2n) is 7.43. The van der Waals surface area contributed by atoms with Crippen molar-refractivity contribution < 1.29 is 23.4 Å². The summed E-state index contributed by atoms with van der Waals surface area (Å²) in [6.07, 6.45) is 1.45. The Kier molecular flexibility index (Phi) is 6.37. The molecule has 7 nitrogen and oxygen atoms in total. The van der Waals surface area contributed by atoms with E-state index in [-0.39, 0.29) is 22.0 Å². The maximum absolute atomic E-state index is 13.3. The van der Waals surface area contributed by atoms with Gasteiger partial charge in [0.05, 0.1) is 18.7 Å². The zero-order valence-corrected chi connectivity index (χ0v) is 20.9. The molecule has 0 saturated carbocycles. The summed E-state index contributed by atoms with van der Waals surface area (Å²) in [5, 5.41) is 20.2. The van der Waals surface area contributed by atoms with Crippen LogP contribution >= 0.6 is 31.9 Å². The van der Waals surface area contributed by atoms with Crippen LogP contribution in [0.2, 0.25) is 0 Å². The van der Waals surface area contributed by atoms with Crippen molar-refractivity contribution in [2.75, 3.05) is 0 Å². The Morgan fingerprint density at radius 1 is 1.09 bits per heavy atom. The van der Waals surface area contributed by atoms with E-state index < -0.39 is 21.8 Å². The first-order valence-electron chi connectivity index (χ1n) is 9.71. The van der Waals surface area contributed by atoms with Crippen LogP contribution in [0.15, 0.2) is 79.5 Å². The van der Waals surface area contributed by atoms with Gasteiger partial charge in [0.25, 0.3) is 0 Å². The Morgan fingerprint density at radius 3 is 2.45 bits per heavy atom. The van der Waals surface area contributed by atoms with Gasteiger partial charge in [0.1, 0.15) is 11.8 Å². The minimum absolute atomic E-state index is 0.00247. The number of rotatable bonds is 6. The smallest absolute Gasteiger partial charge is 0.320 e. The van der Waals surface area contributed by atoms with Crippen LogP contribution in [-0.2, 0) is 21.1 Å². The normalized spacial score (nSPS) is 12.7. The molecule has 0 aliphatic rings. The van der Waals surface area contributed by atoms with E-state index in [0.717, 1.165) is 0 Å². The molecule has 0 radical (unpaired) electrons. The zero-order valence-electron chi connectivity index (χ0n) is 16.9. The largest absolute Gasteiger partial charge is 0.506 e. The number of hydrogen-bond acceptors (Lipinski definition) is 5. The van der Waals surface area contributed by atoms with Gasteiger partial charge in [-0.1, -0.05) is 24.3 Å². The lowest BCUT2D eigenvalue weighted by atomic mass is 9.94. The van der Waals surface area contributed by atoms with Crippen molar-refractivity contribution in [3.63, 3.8) is 0 Å². The SMILES string of the molecule is N[C@@H](Cc1cc(Br)c(O)c(Br)c1-c1ccc2[nH]cc(S(=O)(=O)c3ccccc3)c2c1)C(=O)O. The molecule has 0 bridgehead atoms. The molecule has 33 heavy (non-hydrogen) atoms. The number of aromatic amines is 1. The van der Waals surface area contributed by atoms with Crippen LogP contribution in [0, 0.1) is 0 Å². The van der Waals surface area contributed by atoms with Gasteiger partial charge < -0.3 is 20.9 Å². The summed E-state index contributed by atoms with van der Waals surface area (Å²) >= 11 is 6.68. The maximum atomic E-state index is 13.3. The molecule has 0 aliphatic carbocycles. The Balaban J connectivity index is 1.93. The van der Waals surface area contributed by atoms with Crippen LogP contribution in [0.3, 0.4) is 0 Å². The van der Waals surface area contributed by atoms with E-state index in [1.165, 1.54) is 18.3 Å². The van der Waals surface area contributed by atoms with Gasteiger partial charge in [-0.15, -0.1) is 0 Å². The molecule has 170 valence electrons. The van der Waals surface area contributed by atoms with Gasteiger partial charge >= 0.3 is 5.97 Å². The van der Waals surface area contributed by atoms with Crippen molar-refractivity contribution in [1.29, 1.82) is 0 Å². The molecule has 5 N–H and O–H groups in total. The van der Waals surface area contributed by atoms with E-state index in [1.807, 2.05) is 0 Å². The Hall–Kier alpha value is -2.66. The van der Waals surface area contributed by atoms with Crippen molar-refractivity contribution in [2.24, 2.45) is 5.73 Å². The quantitative estimate of drug-likeness (QED) is 0.252. The molecule has 1 atom stereocenters. The van der Waals surface area contributed by atoms with Crippen LogP contribution in [0.4, 0.5) is 0 Å². The molecular weight excluding hydrogens is 576 g/mol. The standard InChI is InChI=1S/C23H18Br2N2O5S/c24-16-9-13(10-17(26)23(29)30)20(21(25)22(16)28)12-6-7-18-15(8-12)19(11-27-18)33(31,32)14-4-2-1-3-5-14/h1-9,11,17,27-28H,10,26H2,(H,29,30)/t17-/m0/s1. The van der Waals surface area contributed by atoms with Crippen molar-refractivity contribution in [3.8, 4) is 16.9 Å². The average Bonchev–Trinajstić information content (AvgIpc) is 3.22. The molecule has 0 unspecified atom stereocenters. The first kappa shape index (κ1) is 23.5. The summed E-state index contributed by atoms with van der Waals surface area (Å²) in [5.74, 6) is -1.22. The minimum atomic E-state index is -3.78. The number of nitrogens with one attached hydrogen (secondary N) is 1. The van der Waals surface area contributed by atoms with Gasteiger partial charge in [0, 0.05) is 22.7 Å². The number of benzene rings is 3. The number of phenols is 1. The number of halogens is 2. The molecule has 4 aromatic rings. The van der Waals surface area contributed by atoms with E-state index in [0.29, 0.717) is 36.5 Å². The van der Waals surface area contributed by atoms with Gasteiger partial charge in [-0.3, -0.25) is 4.79 Å². The highest BCUT2D eigenvalue weighted by Gasteiger charge is 2.24. The van der Waals surface area contributed by atoms with Crippen LogP contribution in [0.1, 0.15) is 5.56 Å². The lowest BCUT2D eigenvalue weighted by Gasteiger charge is -2.17. The third-order valence-corrected chi connectivity index (χ3v) is 8.49. The van der Waals surface area contributed by atoms with Crippen LogP contribution in [0.25, 0.3) is 22.0 Å². The summed E-state index contributed by atoms with van der Waals surface area (Å²) in [6, 6.07) is 13.8. The summed E-state index contributed by atoms with van der Waals surface area (Å²) in [6.45, 7) is 0. The molecule has 1 heterocycles. The summed E-state index contributed by atoms with van der Waals surface area (Å²) < 4.78 is 27.2. The molecular formula is C23H18Br2N2O5S. The maximum Gasteiger partial charge on any atom is 0.320 e. The lowest BCUT2D eigenvalue weighted by Crippen LogP contribution is -2.32. The Labute approximate surface area is 206 Å². The number of fused-ring (bicyclic) bond motifs is 1. The first-order chi connectivity index (χ1) is 15.6. The molecule has 1 aromatic heterocycles. The van der Waals surface area contributed by atoms with E-state index in [4.69, 9.17) is 5.73 Å². The predicted octanol–water partition coefficient (Wildman–Crippen LogP) is 4.85. The fourth-order valence-corrected chi connectivity index (χ4v) is 6.53. The lowest BCUT2D eigenvalue weighted by molar-refractivity contribution is -0.138. The van der Waals surface area contributed by atoms with Crippen molar-refractivity contribution in [2.45, 2.75) is 22.3 Å². The Bertz CT molecular complexity index is 1480. The topological polar surface area (TPSA) is 133 Å². The number of aromatic nitrogens is 1. The fraction of sp³-hybridized carbons (Fsp3) is 0.0870. The van der Waals surface area contributed by atoms with Gasteiger partial charge in [-0.25, -0.2) is 8.42 Å². The molecule has 0 saturated heterocycles. The third kappa shape index (κ3) is 4.31. The van der Waals surface area contributed by atoms with Crippen LogP contribution in [-0.4, -0.2) is 35.6 Å². The highest BCUT2D eigenvalue weighted by molar-refractivity contribution is 9.11. The molecule has 3 aromatic carbocycles. The average molecular weight is 594 g/mol. The number of nitrogens with two attached hydrogens (primary N) is 1. The Morgan fingerprint density at radius 2 is 1.79 bits per heavy atom. The van der Waals surface area contributed by atoms with Crippen molar-refractivity contribution in [3.05, 3.63) is 75.3 Å². The van der Waals surface area contributed by atoms with E-state index in [9.17, 15) is 23.4 Å². The highest BCUT2D eigenvalue weighted by atomic mass is 79.9. The van der Waals surface area contributed by atoms with E-state index in [2.05, 4.69) is 36.8 Å². The number of hydrogen-bond donors (Lipinski definition) is 4. The predicted molar refractivity (Wildman–Crippen MR) is 132 cm³/mol. The number of phenolic OH excluding ortho intramolecular Hbond substituents is 1. The second kappa shape index (κ2) is 8.94. The molecule has 10 heteroatoms. The van der Waals surface area contributed by atoms with E-state index >= 15 is 0 Å². The van der Waals surface area contributed by atoms with Crippen molar-refractivity contribution in [1.82, 2.24) is 4.98 Å². The summed E-state index contributed by atoms with van der Waals surface area (Å²) in [7, 11) is -3.78. The number of carboxylic acids is 1. The van der Waals surface area contributed by atoms with Crippen molar-refractivity contribution >= 4 is 58.6 Å². The van der Waals surface area contributed by atoms with Gasteiger partial charge in [-0.05, 0) is 79.7 Å². The monoisotopic (exact) mass is 592 g/mol. The molecule has 0 aliphatic heterocycles. The van der Waals surface area contributed by atoms with E-state index in [1.54, 1.807) is 42.5 Å². The molecule has 4 rings (SSSR count). The highest BCUT2D eigenvalue weighted by Crippen LogP contribution is 2.44. The van der Waals surface area contributed by atoms with Crippen LogP contribution < -0.4 is 5.73 Å². The number of aromatic hydroxyl groups is 1. The fourth-order valence-electron chi connectivity index (χ4n) is 3.65. The number of H-pyrrole nitrogens is 1. The first-order valence-corrected chi connectivity index (χ1v) is 12.8. The minimum Gasteiger partial charge on any atom is -0.506 e. The van der Waals surface area contributed by atoms with Gasteiger partial charge in [0.15, 0.2) is 0 Å². The number of aliphatic carboxylic acids is 1. The van der Waals surface area contributed by atoms with Gasteiger partial charge in [0.2, 0.25) is 9.84 Å². The number of sulfone groups is 1. The molecule has 0 spiro atoms. The number of carboxylic acid groups (broad SMARTS) is 1. The molecule has 0 fully saturated rings. The molecule has 0 amide bonds. The zero-order chi connectivity index (χ0) is 23.9. The second-order valence-corrected chi connectivity index (χ2v) is 11.0. The summed E-state index contributed by atoms with van der Waals surface area (Å²) in [5.41, 5.74) is 8.09. The van der Waals surface area contributed by atoms with Crippen LogP contribution in [0.5, 0.6) is 5.75 Å². The number of carbonyl (C=O) groups is 1. The van der Waals surface area contributed by atoms with Gasteiger partial charge in [-0.2, -0.15) is 0 Å².